The number of amides is 1. The molecule has 0 saturated heterocycles. The maximum Gasteiger partial charge on any atom is 0.262 e. The van der Waals surface area contributed by atoms with Gasteiger partial charge in [0, 0.05) is 0 Å². The molecule has 5 nitrogen and oxygen atoms in total. The van der Waals surface area contributed by atoms with E-state index in [-0.39, 0.29) is 12.5 Å². The summed E-state index contributed by atoms with van der Waals surface area (Å²) in [5.74, 6) is 0.700. The molecule has 0 bridgehead atoms. The Kier molecular flexibility index (Phi) is 6.01. The number of para-hydroxylation sites is 3. The van der Waals surface area contributed by atoms with Crippen LogP contribution in [0, 0.1) is 11.3 Å². The minimum Gasteiger partial charge on any atom is -0.491 e. The zero-order valence-electron chi connectivity index (χ0n) is 12.9. The van der Waals surface area contributed by atoms with Gasteiger partial charge in [0.15, 0.2) is 6.61 Å². The van der Waals surface area contributed by atoms with Crippen molar-refractivity contribution in [1.29, 1.82) is 5.26 Å². The van der Waals surface area contributed by atoms with Gasteiger partial charge in [-0.2, -0.15) is 5.26 Å². The van der Waals surface area contributed by atoms with Gasteiger partial charge in [-0.3, -0.25) is 4.79 Å². The second-order valence-corrected chi connectivity index (χ2v) is 4.79. The van der Waals surface area contributed by atoms with Gasteiger partial charge in [-0.15, -0.1) is 0 Å². The van der Waals surface area contributed by atoms with E-state index in [4.69, 9.17) is 14.7 Å². The first kappa shape index (κ1) is 16.4. The van der Waals surface area contributed by atoms with Gasteiger partial charge < -0.3 is 14.8 Å². The highest BCUT2D eigenvalue weighted by molar-refractivity contribution is 5.93. The van der Waals surface area contributed by atoms with Gasteiger partial charge in [-0.25, -0.2) is 0 Å². The highest BCUT2D eigenvalue weighted by Gasteiger charge is 2.09. The summed E-state index contributed by atoms with van der Waals surface area (Å²) in [5.41, 5.74) is 0.995. The third-order valence-electron chi connectivity index (χ3n) is 2.99. The lowest BCUT2D eigenvalue weighted by molar-refractivity contribution is -0.118. The van der Waals surface area contributed by atoms with Crippen LogP contribution in [0.1, 0.15) is 18.9 Å². The fraction of sp³-hybridized carbons (Fsp3) is 0.222. The van der Waals surface area contributed by atoms with Gasteiger partial charge in [-0.05, 0) is 30.7 Å². The molecule has 0 saturated carbocycles. The molecule has 0 radical (unpaired) electrons. The molecule has 5 heteroatoms. The smallest absolute Gasteiger partial charge is 0.262 e. The zero-order chi connectivity index (χ0) is 16.5. The number of anilines is 1. The molecule has 0 aromatic heterocycles. The zero-order valence-corrected chi connectivity index (χ0v) is 12.9. The van der Waals surface area contributed by atoms with Crippen LogP contribution in [0.4, 0.5) is 5.69 Å². The van der Waals surface area contributed by atoms with Crippen LogP contribution in [0.15, 0.2) is 48.5 Å². The van der Waals surface area contributed by atoms with Crippen molar-refractivity contribution >= 4 is 11.6 Å². The lowest BCUT2D eigenvalue weighted by Crippen LogP contribution is -2.20. The van der Waals surface area contributed by atoms with Crippen molar-refractivity contribution in [2.45, 2.75) is 13.3 Å². The van der Waals surface area contributed by atoms with Crippen LogP contribution in [-0.4, -0.2) is 19.1 Å². The molecular weight excluding hydrogens is 292 g/mol. The Balaban J connectivity index is 1.96. The molecule has 2 aromatic rings. The van der Waals surface area contributed by atoms with E-state index in [0.29, 0.717) is 29.4 Å². The Morgan fingerprint density at radius 1 is 1.09 bits per heavy atom. The van der Waals surface area contributed by atoms with Crippen molar-refractivity contribution in [3.63, 3.8) is 0 Å². The van der Waals surface area contributed by atoms with E-state index in [2.05, 4.69) is 5.32 Å². The average molecular weight is 310 g/mol. The van der Waals surface area contributed by atoms with Crippen molar-refractivity contribution in [2.75, 3.05) is 18.5 Å². The highest BCUT2D eigenvalue weighted by Crippen LogP contribution is 2.24. The Labute approximate surface area is 135 Å². The van der Waals surface area contributed by atoms with Crippen molar-refractivity contribution in [3.05, 3.63) is 54.1 Å². The molecule has 2 aromatic carbocycles. The number of hydrogen-bond donors (Lipinski definition) is 1. The van der Waals surface area contributed by atoms with Crippen LogP contribution in [0.5, 0.6) is 11.5 Å². The van der Waals surface area contributed by atoms with E-state index in [1.807, 2.05) is 25.1 Å². The third kappa shape index (κ3) is 4.75. The molecular formula is C18H18N2O3. The van der Waals surface area contributed by atoms with Gasteiger partial charge in [0.25, 0.3) is 5.91 Å². The Hall–Kier alpha value is -3.00. The van der Waals surface area contributed by atoms with E-state index >= 15 is 0 Å². The third-order valence-corrected chi connectivity index (χ3v) is 2.99. The van der Waals surface area contributed by atoms with Crippen LogP contribution in [-0.2, 0) is 4.79 Å². The quantitative estimate of drug-likeness (QED) is 0.851. The monoisotopic (exact) mass is 310 g/mol. The van der Waals surface area contributed by atoms with Crippen molar-refractivity contribution in [2.24, 2.45) is 0 Å². The predicted molar refractivity (Wildman–Crippen MR) is 87.5 cm³/mol. The highest BCUT2D eigenvalue weighted by atomic mass is 16.5. The standard InChI is InChI=1S/C18H18N2O3/c1-2-11-22-17-10-6-4-8-15(17)20-18(21)13-23-16-9-5-3-7-14(16)12-19/h3-10H,2,11,13H2,1H3,(H,20,21). The average Bonchev–Trinajstić information content (AvgIpc) is 2.59. The van der Waals surface area contributed by atoms with Crippen LogP contribution < -0.4 is 14.8 Å². The summed E-state index contributed by atoms with van der Waals surface area (Å²) in [4.78, 5) is 12.0. The second-order valence-electron chi connectivity index (χ2n) is 4.79. The molecule has 0 unspecified atom stereocenters. The lowest BCUT2D eigenvalue weighted by atomic mass is 10.2. The maximum atomic E-state index is 12.0. The van der Waals surface area contributed by atoms with Gasteiger partial charge in [0.05, 0.1) is 17.9 Å². The van der Waals surface area contributed by atoms with Crippen LogP contribution in [0.2, 0.25) is 0 Å². The van der Waals surface area contributed by atoms with E-state index in [1.165, 1.54) is 0 Å². The van der Waals surface area contributed by atoms with Gasteiger partial charge in [0.2, 0.25) is 0 Å². The summed E-state index contributed by atoms with van der Waals surface area (Å²) in [6.07, 6.45) is 0.885. The Bertz CT molecular complexity index is 707. The van der Waals surface area contributed by atoms with Crippen molar-refractivity contribution in [3.8, 4) is 17.6 Å². The minimum absolute atomic E-state index is 0.180. The number of rotatable bonds is 7. The molecule has 0 aliphatic heterocycles. The molecule has 118 valence electrons. The number of nitriles is 1. The summed E-state index contributed by atoms with van der Waals surface area (Å²) in [5, 5.41) is 11.7. The van der Waals surface area contributed by atoms with E-state index < -0.39 is 0 Å². The molecule has 2 rings (SSSR count). The molecule has 0 heterocycles. The normalized spacial score (nSPS) is 9.74. The molecule has 0 aliphatic carbocycles. The first-order valence-electron chi connectivity index (χ1n) is 7.38. The van der Waals surface area contributed by atoms with Gasteiger partial charge in [0.1, 0.15) is 17.6 Å². The maximum absolute atomic E-state index is 12.0. The largest absolute Gasteiger partial charge is 0.491 e. The van der Waals surface area contributed by atoms with E-state index in [1.54, 1.807) is 36.4 Å². The second kappa shape index (κ2) is 8.44. The number of nitrogens with one attached hydrogen (secondary N) is 1. The Morgan fingerprint density at radius 2 is 1.78 bits per heavy atom. The number of carbonyl (C=O) groups is 1. The van der Waals surface area contributed by atoms with E-state index in [0.717, 1.165) is 6.42 Å². The Morgan fingerprint density at radius 3 is 2.52 bits per heavy atom. The number of carbonyl (C=O) groups excluding carboxylic acids is 1. The summed E-state index contributed by atoms with van der Waals surface area (Å²) in [6, 6.07) is 16.1. The summed E-state index contributed by atoms with van der Waals surface area (Å²) < 4.78 is 11.0. The van der Waals surface area contributed by atoms with Crippen molar-refractivity contribution < 1.29 is 14.3 Å². The van der Waals surface area contributed by atoms with Crippen LogP contribution in [0.25, 0.3) is 0 Å². The van der Waals surface area contributed by atoms with Crippen LogP contribution in [0.3, 0.4) is 0 Å². The summed E-state index contributed by atoms with van der Waals surface area (Å²) in [6.45, 7) is 2.42. The summed E-state index contributed by atoms with van der Waals surface area (Å²) in [7, 11) is 0. The molecule has 1 N–H and O–H groups in total. The number of ether oxygens (including phenoxy) is 2. The number of hydrogen-bond acceptors (Lipinski definition) is 4. The first-order chi connectivity index (χ1) is 11.2. The molecule has 0 spiro atoms. The molecule has 1 amide bonds. The van der Waals surface area contributed by atoms with Crippen molar-refractivity contribution in [1.82, 2.24) is 0 Å². The topological polar surface area (TPSA) is 71.3 Å². The molecule has 0 atom stereocenters. The number of nitrogens with zero attached hydrogens (tertiary/aromatic N) is 1. The summed E-state index contributed by atoms with van der Waals surface area (Å²) >= 11 is 0. The molecule has 0 aliphatic rings. The van der Waals surface area contributed by atoms with Gasteiger partial charge in [-0.1, -0.05) is 31.2 Å². The van der Waals surface area contributed by atoms with Crippen LogP contribution >= 0.6 is 0 Å². The predicted octanol–water partition coefficient (Wildman–Crippen LogP) is 3.36. The van der Waals surface area contributed by atoms with E-state index in [9.17, 15) is 4.79 Å². The van der Waals surface area contributed by atoms with Gasteiger partial charge >= 0.3 is 0 Å². The fourth-order valence-corrected chi connectivity index (χ4v) is 1.92. The minimum atomic E-state index is -0.315. The SMILES string of the molecule is CCCOc1ccccc1NC(=O)COc1ccccc1C#N. The number of benzene rings is 2. The molecule has 0 fully saturated rings. The first-order valence-corrected chi connectivity index (χ1v) is 7.38. The fourth-order valence-electron chi connectivity index (χ4n) is 1.92. The molecule has 23 heavy (non-hydrogen) atoms. The lowest BCUT2D eigenvalue weighted by Gasteiger charge is -2.12.